The average molecular weight is 287 g/mol. The summed E-state index contributed by atoms with van der Waals surface area (Å²) in [5, 5.41) is 4.05. The van der Waals surface area contributed by atoms with Crippen LogP contribution in [0, 0.1) is 0 Å². The van der Waals surface area contributed by atoms with Gasteiger partial charge in [0.15, 0.2) is 5.65 Å². The summed E-state index contributed by atoms with van der Waals surface area (Å²) in [6, 6.07) is 0. The highest BCUT2D eigenvalue weighted by molar-refractivity contribution is 7.51. The van der Waals surface area contributed by atoms with E-state index < -0.39 is 13.7 Å². The van der Waals surface area contributed by atoms with E-state index in [2.05, 4.69) is 19.7 Å². The quantitative estimate of drug-likeness (QED) is 0.460. The molecule has 0 amide bonds. The molecule has 2 aromatic rings. The van der Waals surface area contributed by atoms with E-state index in [0.29, 0.717) is 12.1 Å². The Morgan fingerprint density at radius 3 is 3.00 bits per heavy atom. The van der Waals surface area contributed by atoms with Gasteiger partial charge < -0.3 is 10.6 Å². The Morgan fingerprint density at radius 1 is 1.58 bits per heavy atom. The average Bonchev–Trinajstić information content (AvgIpc) is 2.71. The molecular weight excluding hydrogens is 273 g/mol. The summed E-state index contributed by atoms with van der Waals surface area (Å²) in [5.74, 6) is 0.231. The molecule has 0 saturated heterocycles. The lowest BCUT2D eigenvalue weighted by molar-refractivity contribution is -0.244. The molecular formula is C9H14N5O4P. The van der Waals surface area contributed by atoms with Crippen LogP contribution in [-0.4, -0.2) is 37.2 Å². The van der Waals surface area contributed by atoms with Gasteiger partial charge in [0.05, 0.1) is 12.3 Å². The molecule has 19 heavy (non-hydrogen) atoms. The van der Waals surface area contributed by atoms with Crippen LogP contribution in [0.25, 0.3) is 5.65 Å². The number of fused-ring (bicyclic) bond motifs is 1. The molecule has 2 heterocycles. The normalized spacial score (nSPS) is 16.4. The predicted molar refractivity (Wildman–Crippen MR) is 66.3 cm³/mol. The van der Waals surface area contributed by atoms with Crippen molar-refractivity contribution in [1.82, 2.24) is 19.6 Å². The van der Waals surface area contributed by atoms with Crippen molar-refractivity contribution < 1.29 is 19.0 Å². The second-order valence-corrected chi connectivity index (χ2v) is 5.88. The Labute approximate surface area is 108 Å². The molecule has 0 aliphatic rings. The molecule has 3 N–H and O–H groups in total. The highest BCUT2D eigenvalue weighted by Crippen LogP contribution is 2.37. The van der Waals surface area contributed by atoms with E-state index >= 15 is 0 Å². The van der Waals surface area contributed by atoms with Gasteiger partial charge in [0, 0.05) is 18.6 Å². The standard InChI is InChI=1S/C9H14N5O4P/c1-6(17-18-19(2,15)16)3-7-4-13-14-8(7)11-5-12-9(14)10/h4-6H,3H2,1-2H3,(H,15,16)(H2,10,11,12). The Hall–Kier alpha value is -1.54. The second-order valence-electron chi connectivity index (χ2n) is 4.13. The largest absolute Gasteiger partial charge is 0.368 e. The smallest absolute Gasteiger partial charge is 0.352 e. The maximum atomic E-state index is 10.9. The summed E-state index contributed by atoms with van der Waals surface area (Å²) >= 11 is 0. The zero-order valence-electron chi connectivity index (χ0n) is 10.4. The van der Waals surface area contributed by atoms with Gasteiger partial charge in [0.2, 0.25) is 5.95 Å². The molecule has 104 valence electrons. The Kier molecular flexibility index (Phi) is 3.81. The van der Waals surface area contributed by atoms with Crippen molar-refractivity contribution in [3.05, 3.63) is 18.1 Å². The first kappa shape index (κ1) is 13.9. The van der Waals surface area contributed by atoms with Crippen molar-refractivity contribution in [2.75, 3.05) is 12.4 Å². The summed E-state index contributed by atoms with van der Waals surface area (Å²) in [5.41, 5.74) is 6.97. The zero-order valence-corrected chi connectivity index (χ0v) is 11.3. The fraction of sp³-hybridized carbons (Fsp3) is 0.444. The highest BCUT2D eigenvalue weighted by Gasteiger charge is 2.17. The molecule has 0 bridgehead atoms. The van der Waals surface area contributed by atoms with E-state index in [0.717, 1.165) is 12.2 Å². The van der Waals surface area contributed by atoms with Gasteiger partial charge in [-0.1, -0.05) is 0 Å². The van der Waals surface area contributed by atoms with E-state index in [1.165, 1.54) is 10.8 Å². The van der Waals surface area contributed by atoms with E-state index in [-0.39, 0.29) is 5.95 Å². The summed E-state index contributed by atoms with van der Waals surface area (Å²) in [4.78, 5) is 21.7. The second kappa shape index (κ2) is 5.22. The number of nitrogen functional groups attached to an aromatic ring is 1. The molecule has 9 nitrogen and oxygen atoms in total. The molecule has 0 radical (unpaired) electrons. The van der Waals surface area contributed by atoms with Crippen molar-refractivity contribution in [3.63, 3.8) is 0 Å². The minimum atomic E-state index is -3.65. The van der Waals surface area contributed by atoms with Crippen LogP contribution in [0.4, 0.5) is 5.95 Å². The molecule has 2 unspecified atom stereocenters. The molecule has 0 saturated carbocycles. The third-order valence-electron chi connectivity index (χ3n) is 2.26. The van der Waals surface area contributed by atoms with E-state index in [1.54, 1.807) is 13.1 Å². The lowest BCUT2D eigenvalue weighted by Crippen LogP contribution is -2.11. The number of rotatable bonds is 5. The monoisotopic (exact) mass is 287 g/mol. The molecule has 2 aromatic heterocycles. The van der Waals surface area contributed by atoms with Crippen molar-refractivity contribution in [2.24, 2.45) is 0 Å². The highest BCUT2D eigenvalue weighted by atomic mass is 31.2. The number of nitrogens with zero attached hydrogens (tertiary/aromatic N) is 4. The molecule has 2 atom stereocenters. The van der Waals surface area contributed by atoms with Gasteiger partial charge in [-0.15, -0.1) is 4.67 Å². The number of aromatic nitrogens is 4. The predicted octanol–water partition coefficient (Wildman–Crippen LogP) is 0.401. The number of anilines is 1. The van der Waals surface area contributed by atoms with E-state index in [9.17, 15) is 4.57 Å². The Morgan fingerprint density at radius 2 is 2.32 bits per heavy atom. The Bertz CT molecular complexity index is 624. The fourth-order valence-electron chi connectivity index (χ4n) is 1.52. The van der Waals surface area contributed by atoms with Crippen LogP contribution in [0.3, 0.4) is 0 Å². The first-order chi connectivity index (χ1) is 8.87. The zero-order chi connectivity index (χ0) is 14.0. The summed E-state index contributed by atoms with van der Waals surface area (Å²) in [7, 11) is -3.65. The first-order valence-electron chi connectivity index (χ1n) is 5.45. The minimum absolute atomic E-state index is 0.231. The summed E-state index contributed by atoms with van der Waals surface area (Å²) < 4.78 is 16.7. The first-order valence-corrected chi connectivity index (χ1v) is 7.47. The molecule has 10 heteroatoms. The number of hydrogen-bond donors (Lipinski definition) is 2. The Balaban J connectivity index is 2.09. The van der Waals surface area contributed by atoms with Gasteiger partial charge >= 0.3 is 7.60 Å². The van der Waals surface area contributed by atoms with Crippen LogP contribution in [0.5, 0.6) is 0 Å². The molecule has 2 rings (SSSR count). The molecule has 0 fully saturated rings. The maximum absolute atomic E-state index is 10.9. The molecule has 0 spiro atoms. The van der Waals surface area contributed by atoms with Crippen LogP contribution in [-0.2, 0) is 20.5 Å². The van der Waals surface area contributed by atoms with Crippen LogP contribution < -0.4 is 5.73 Å². The van der Waals surface area contributed by atoms with E-state index in [1.807, 2.05) is 0 Å². The van der Waals surface area contributed by atoms with Crippen LogP contribution in [0.15, 0.2) is 12.5 Å². The molecule has 0 aliphatic carbocycles. The molecule has 0 aliphatic heterocycles. The summed E-state index contributed by atoms with van der Waals surface area (Å²) in [6.45, 7) is 2.74. The topological polar surface area (TPSA) is 125 Å². The van der Waals surface area contributed by atoms with Crippen molar-refractivity contribution >= 4 is 19.2 Å². The third kappa shape index (κ3) is 3.48. The number of nitrogens with two attached hydrogens (primary N) is 1. The van der Waals surface area contributed by atoms with Gasteiger partial charge in [-0.05, 0) is 6.92 Å². The van der Waals surface area contributed by atoms with Crippen LogP contribution in [0.2, 0.25) is 0 Å². The number of hydrogen-bond acceptors (Lipinski definition) is 7. The fourth-order valence-corrected chi connectivity index (χ4v) is 1.83. The lowest BCUT2D eigenvalue weighted by Gasteiger charge is -2.12. The minimum Gasteiger partial charge on any atom is -0.368 e. The van der Waals surface area contributed by atoms with Gasteiger partial charge in [-0.3, -0.25) is 4.57 Å². The van der Waals surface area contributed by atoms with Crippen molar-refractivity contribution in [3.8, 4) is 0 Å². The van der Waals surface area contributed by atoms with Crippen LogP contribution in [0.1, 0.15) is 12.5 Å². The van der Waals surface area contributed by atoms with Gasteiger partial charge in [-0.2, -0.15) is 9.61 Å². The van der Waals surface area contributed by atoms with Gasteiger partial charge in [-0.25, -0.2) is 14.9 Å². The summed E-state index contributed by atoms with van der Waals surface area (Å²) in [6.07, 6.45) is 2.89. The lowest BCUT2D eigenvalue weighted by atomic mass is 10.2. The SMILES string of the molecule is CC(Cc1cnn2c(N)ncnc12)OOP(C)(=O)O. The van der Waals surface area contributed by atoms with Gasteiger partial charge in [0.1, 0.15) is 6.33 Å². The maximum Gasteiger partial charge on any atom is 0.352 e. The van der Waals surface area contributed by atoms with E-state index in [4.69, 9.17) is 15.5 Å². The van der Waals surface area contributed by atoms with Crippen LogP contribution >= 0.6 is 7.60 Å². The molecule has 0 aromatic carbocycles. The van der Waals surface area contributed by atoms with Crippen molar-refractivity contribution in [2.45, 2.75) is 19.4 Å². The van der Waals surface area contributed by atoms with Crippen molar-refractivity contribution in [1.29, 1.82) is 0 Å². The third-order valence-corrected chi connectivity index (χ3v) is 2.62. The van der Waals surface area contributed by atoms with Gasteiger partial charge in [0.25, 0.3) is 0 Å².